The minimum atomic E-state index is -0.236. The van der Waals surface area contributed by atoms with E-state index in [1.54, 1.807) is 0 Å². The number of amides is 1. The Morgan fingerprint density at radius 2 is 2.04 bits per heavy atom. The first-order valence-corrected chi connectivity index (χ1v) is 9.14. The summed E-state index contributed by atoms with van der Waals surface area (Å²) >= 11 is 0. The van der Waals surface area contributed by atoms with Crippen molar-refractivity contribution in [1.29, 1.82) is 0 Å². The van der Waals surface area contributed by atoms with Gasteiger partial charge in [0.05, 0.1) is 18.9 Å². The van der Waals surface area contributed by atoms with E-state index in [0.717, 1.165) is 57.2 Å². The standard InChI is InChI=1S/C18H30N4O2/c1-5-16-11-21(12-17(16)20-6-8-24-9-7-20)18(23)15(4)22-14(3)10-13(2)19-22/h10,15-17H,5-9,11-12H2,1-4H3/t15-,16-,17+/m1/s1. The van der Waals surface area contributed by atoms with Crippen molar-refractivity contribution in [3.8, 4) is 0 Å². The average molecular weight is 334 g/mol. The highest BCUT2D eigenvalue weighted by Gasteiger charge is 2.39. The molecule has 6 nitrogen and oxygen atoms in total. The van der Waals surface area contributed by atoms with Crippen LogP contribution >= 0.6 is 0 Å². The fraction of sp³-hybridized carbons (Fsp3) is 0.778. The summed E-state index contributed by atoms with van der Waals surface area (Å²) in [7, 11) is 0. The van der Waals surface area contributed by atoms with Crippen LogP contribution in [0.5, 0.6) is 0 Å². The van der Waals surface area contributed by atoms with Crippen LogP contribution < -0.4 is 0 Å². The fourth-order valence-corrected chi connectivity index (χ4v) is 4.17. The molecular weight excluding hydrogens is 304 g/mol. The average Bonchev–Trinajstić information content (AvgIpc) is 3.17. The lowest BCUT2D eigenvalue weighted by Crippen LogP contribution is -2.47. The van der Waals surface area contributed by atoms with Crippen LogP contribution in [-0.4, -0.2) is 70.9 Å². The number of carbonyl (C=O) groups excluding carboxylic acids is 1. The first-order chi connectivity index (χ1) is 11.5. The smallest absolute Gasteiger partial charge is 0.247 e. The molecule has 3 atom stereocenters. The topological polar surface area (TPSA) is 50.6 Å². The van der Waals surface area contributed by atoms with Crippen molar-refractivity contribution in [3.63, 3.8) is 0 Å². The number of nitrogens with zero attached hydrogens (tertiary/aromatic N) is 4. The van der Waals surface area contributed by atoms with Crippen LogP contribution in [0.15, 0.2) is 6.07 Å². The molecule has 0 aliphatic carbocycles. The second kappa shape index (κ2) is 7.23. The molecule has 134 valence electrons. The monoisotopic (exact) mass is 334 g/mol. The van der Waals surface area contributed by atoms with Crippen molar-refractivity contribution >= 4 is 5.91 Å². The van der Waals surface area contributed by atoms with Gasteiger partial charge in [-0.2, -0.15) is 5.10 Å². The summed E-state index contributed by atoms with van der Waals surface area (Å²) < 4.78 is 7.34. The van der Waals surface area contributed by atoms with E-state index in [9.17, 15) is 4.79 Å². The highest BCUT2D eigenvalue weighted by atomic mass is 16.5. The van der Waals surface area contributed by atoms with Gasteiger partial charge in [0.1, 0.15) is 6.04 Å². The number of hydrogen-bond donors (Lipinski definition) is 0. The summed E-state index contributed by atoms with van der Waals surface area (Å²) in [6.45, 7) is 13.5. The molecule has 2 saturated heterocycles. The third-order valence-corrected chi connectivity index (χ3v) is 5.53. The molecule has 1 aromatic heterocycles. The van der Waals surface area contributed by atoms with Gasteiger partial charge >= 0.3 is 0 Å². The first kappa shape index (κ1) is 17.4. The van der Waals surface area contributed by atoms with Crippen molar-refractivity contribution in [1.82, 2.24) is 19.6 Å². The molecule has 24 heavy (non-hydrogen) atoms. The maximum absolute atomic E-state index is 13.0. The van der Waals surface area contributed by atoms with E-state index < -0.39 is 0 Å². The van der Waals surface area contributed by atoms with E-state index in [1.165, 1.54) is 0 Å². The Kier molecular flexibility index (Phi) is 5.25. The summed E-state index contributed by atoms with van der Waals surface area (Å²) in [5.41, 5.74) is 2.01. The van der Waals surface area contributed by atoms with Gasteiger partial charge in [-0.05, 0) is 32.8 Å². The molecule has 0 radical (unpaired) electrons. The third-order valence-electron chi connectivity index (χ3n) is 5.53. The highest BCUT2D eigenvalue weighted by Crippen LogP contribution is 2.27. The Bertz CT molecular complexity index is 580. The van der Waals surface area contributed by atoms with E-state index in [4.69, 9.17) is 4.74 Å². The Hall–Kier alpha value is -1.40. The predicted octanol–water partition coefficient (Wildman–Crippen LogP) is 1.63. The Labute approximate surface area is 144 Å². The van der Waals surface area contributed by atoms with E-state index in [-0.39, 0.29) is 11.9 Å². The maximum atomic E-state index is 13.0. The van der Waals surface area contributed by atoms with Gasteiger partial charge in [0.25, 0.3) is 0 Å². The number of likely N-dealkylation sites (tertiary alicyclic amines) is 1. The van der Waals surface area contributed by atoms with Crippen LogP contribution in [0.1, 0.15) is 37.7 Å². The lowest BCUT2D eigenvalue weighted by molar-refractivity contribution is -0.133. The van der Waals surface area contributed by atoms with E-state index >= 15 is 0 Å². The molecule has 2 aliphatic rings. The molecule has 0 unspecified atom stereocenters. The first-order valence-electron chi connectivity index (χ1n) is 9.14. The van der Waals surface area contributed by atoms with E-state index in [2.05, 4.69) is 21.8 Å². The Balaban J connectivity index is 1.70. The van der Waals surface area contributed by atoms with Gasteiger partial charge in [-0.25, -0.2) is 0 Å². The van der Waals surface area contributed by atoms with Crippen LogP contribution in [0.4, 0.5) is 0 Å². The molecule has 1 aromatic rings. The molecule has 0 saturated carbocycles. The molecule has 2 fully saturated rings. The third kappa shape index (κ3) is 3.35. The molecule has 1 amide bonds. The van der Waals surface area contributed by atoms with Gasteiger partial charge in [0.2, 0.25) is 5.91 Å². The lowest BCUT2D eigenvalue weighted by Gasteiger charge is -2.34. The van der Waals surface area contributed by atoms with E-state index in [0.29, 0.717) is 12.0 Å². The van der Waals surface area contributed by atoms with E-state index in [1.807, 2.05) is 31.5 Å². The fourth-order valence-electron chi connectivity index (χ4n) is 4.17. The van der Waals surface area contributed by atoms with Crippen molar-refractivity contribution < 1.29 is 9.53 Å². The maximum Gasteiger partial charge on any atom is 0.247 e. The van der Waals surface area contributed by atoms with Crippen LogP contribution in [0.25, 0.3) is 0 Å². The van der Waals surface area contributed by atoms with Gasteiger partial charge in [-0.1, -0.05) is 13.3 Å². The van der Waals surface area contributed by atoms with Crippen LogP contribution in [0, 0.1) is 19.8 Å². The summed E-state index contributed by atoms with van der Waals surface area (Å²) in [5.74, 6) is 0.745. The second-order valence-corrected chi connectivity index (χ2v) is 7.17. The number of ether oxygens (including phenoxy) is 1. The predicted molar refractivity (Wildman–Crippen MR) is 93.0 cm³/mol. The zero-order chi connectivity index (χ0) is 17.3. The zero-order valence-electron chi connectivity index (χ0n) is 15.4. The summed E-state index contributed by atoms with van der Waals surface area (Å²) in [6, 6.07) is 2.26. The van der Waals surface area contributed by atoms with Gasteiger partial charge in [-0.15, -0.1) is 0 Å². The molecule has 2 aliphatic heterocycles. The second-order valence-electron chi connectivity index (χ2n) is 7.17. The van der Waals surface area contributed by atoms with Gasteiger partial charge in [0, 0.05) is 37.9 Å². The SMILES string of the molecule is CC[C@@H]1CN(C(=O)[C@@H](C)n2nc(C)cc2C)C[C@@H]1N1CCOCC1. The van der Waals surface area contributed by atoms with Crippen molar-refractivity contribution in [2.75, 3.05) is 39.4 Å². The normalized spacial score (nSPS) is 26.8. The lowest BCUT2D eigenvalue weighted by atomic mass is 9.99. The molecule has 0 spiro atoms. The molecular formula is C18H30N4O2. The number of carbonyl (C=O) groups is 1. The Morgan fingerprint density at radius 1 is 1.33 bits per heavy atom. The molecule has 3 rings (SSSR count). The van der Waals surface area contributed by atoms with Gasteiger partial charge in [0.15, 0.2) is 0 Å². The van der Waals surface area contributed by atoms with Crippen molar-refractivity contribution in [2.24, 2.45) is 5.92 Å². The van der Waals surface area contributed by atoms with Crippen LogP contribution in [-0.2, 0) is 9.53 Å². The number of aromatic nitrogens is 2. The quantitative estimate of drug-likeness (QED) is 0.840. The van der Waals surface area contributed by atoms with Crippen LogP contribution in [0.2, 0.25) is 0 Å². The van der Waals surface area contributed by atoms with Gasteiger partial charge in [-0.3, -0.25) is 14.4 Å². The molecule has 0 aromatic carbocycles. The summed E-state index contributed by atoms with van der Waals surface area (Å²) in [4.78, 5) is 17.6. The highest BCUT2D eigenvalue weighted by molar-refractivity contribution is 5.80. The number of rotatable bonds is 4. The number of hydrogen-bond acceptors (Lipinski definition) is 4. The zero-order valence-corrected chi connectivity index (χ0v) is 15.4. The summed E-state index contributed by atoms with van der Waals surface area (Å²) in [6.07, 6.45) is 1.11. The molecule has 6 heteroatoms. The minimum Gasteiger partial charge on any atom is -0.379 e. The summed E-state index contributed by atoms with van der Waals surface area (Å²) in [5, 5.41) is 4.49. The largest absolute Gasteiger partial charge is 0.379 e. The molecule has 3 heterocycles. The van der Waals surface area contributed by atoms with Crippen molar-refractivity contribution in [3.05, 3.63) is 17.5 Å². The van der Waals surface area contributed by atoms with Crippen molar-refractivity contribution in [2.45, 2.75) is 46.2 Å². The Morgan fingerprint density at radius 3 is 2.62 bits per heavy atom. The van der Waals surface area contributed by atoms with Gasteiger partial charge < -0.3 is 9.64 Å². The molecule has 0 N–H and O–H groups in total. The van der Waals surface area contributed by atoms with Crippen LogP contribution in [0.3, 0.4) is 0 Å². The minimum absolute atomic E-state index is 0.190. The number of morpholine rings is 1. The number of aryl methyl sites for hydroxylation is 2. The molecule has 0 bridgehead atoms.